The Bertz CT molecular complexity index is 701. The van der Waals surface area contributed by atoms with Crippen LogP contribution in [0.4, 0.5) is 5.00 Å². The van der Waals surface area contributed by atoms with Gasteiger partial charge in [0.2, 0.25) is 0 Å². The molecule has 2 aromatic heterocycles. The predicted molar refractivity (Wildman–Crippen MR) is 87.2 cm³/mol. The van der Waals surface area contributed by atoms with Crippen molar-refractivity contribution in [1.82, 2.24) is 4.98 Å². The zero-order valence-electron chi connectivity index (χ0n) is 12.5. The molecule has 0 fully saturated rings. The lowest BCUT2D eigenvalue weighted by atomic mass is 9.98. The molecule has 0 saturated heterocycles. The minimum Gasteiger partial charge on any atom is -0.311 e. The van der Waals surface area contributed by atoms with Crippen LogP contribution in [0.25, 0.3) is 0 Å². The SMILES string of the molecule is CCc1cc(C#N)c(NC(=O)c2csc(C(C)(C)C)n2)s1. The molecule has 0 bridgehead atoms. The van der Waals surface area contributed by atoms with E-state index in [0.717, 1.165) is 16.3 Å². The van der Waals surface area contributed by atoms with Crippen molar-refractivity contribution in [2.24, 2.45) is 0 Å². The van der Waals surface area contributed by atoms with E-state index in [2.05, 4.69) is 37.1 Å². The van der Waals surface area contributed by atoms with Crippen LogP contribution in [0.5, 0.6) is 0 Å². The lowest BCUT2D eigenvalue weighted by molar-refractivity contribution is 0.102. The first-order chi connectivity index (χ1) is 9.85. The van der Waals surface area contributed by atoms with Crippen LogP contribution < -0.4 is 5.32 Å². The summed E-state index contributed by atoms with van der Waals surface area (Å²) in [4.78, 5) is 17.7. The third-order valence-corrected chi connectivity index (χ3v) is 5.32. The molecule has 1 N–H and O–H groups in total. The van der Waals surface area contributed by atoms with E-state index >= 15 is 0 Å². The molecule has 2 heterocycles. The maximum absolute atomic E-state index is 12.3. The molecule has 21 heavy (non-hydrogen) atoms. The van der Waals surface area contributed by atoms with E-state index in [-0.39, 0.29) is 11.3 Å². The van der Waals surface area contributed by atoms with Crippen LogP contribution in [-0.2, 0) is 11.8 Å². The number of nitrogens with zero attached hydrogens (tertiary/aromatic N) is 2. The fraction of sp³-hybridized carbons (Fsp3) is 0.400. The highest BCUT2D eigenvalue weighted by atomic mass is 32.1. The highest BCUT2D eigenvalue weighted by molar-refractivity contribution is 7.16. The van der Waals surface area contributed by atoms with Gasteiger partial charge in [-0.05, 0) is 12.5 Å². The number of anilines is 1. The van der Waals surface area contributed by atoms with Gasteiger partial charge in [-0.1, -0.05) is 27.7 Å². The average molecular weight is 319 g/mol. The smallest absolute Gasteiger partial charge is 0.275 e. The van der Waals surface area contributed by atoms with E-state index in [1.165, 1.54) is 22.7 Å². The van der Waals surface area contributed by atoms with Crippen molar-refractivity contribution < 1.29 is 4.79 Å². The molecule has 0 spiro atoms. The summed E-state index contributed by atoms with van der Waals surface area (Å²) >= 11 is 2.92. The zero-order chi connectivity index (χ0) is 15.6. The van der Waals surface area contributed by atoms with Gasteiger partial charge >= 0.3 is 0 Å². The minimum absolute atomic E-state index is 0.0701. The van der Waals surface area contributed by atoms with Gasteiger partial charge in [-0.3, -0.25) is 4.79 Å². The first-order valence-electron chi connectivity index (χ1n) is 6.65. The topological polar surface area (TPSA) is 65.8 Å². The number of rotatable bonds is 3. The van der Waals surface area contributed by atoms with Gasteiger partial charge in [0, 0.05) is 15.7 Å². The molecular weight excluding hydrogens is 302 g/mol. The molecule has 6 heteroatoms. The third-order valence-electron chi connectivity index (χ3n) is 2.86. The Hall–Kier alpha value is -1.71. The number of hydrogen-bond donors (Lipinski definition) is 1. The van der Waals surface area contributed by atoms with Crippen molar-refractivity contribution in [1.29, 1.82) is 5.26 Å². The summed E-state index contributed by atoms with van der Waals surface area (Å²) < 4.78 is 0. The Balaban J connectivity index is 2.21. The van der Waals surface area contributed by atoms with Crippen LogP contribution in [-0.4, -0.2) is 10.9 Å². The summed E-state index contributed by atoms with van der Waals surface area (Å²) in [5, 5.41) is 15.2. The number of nitrogens with one attached hydrogen (secondary N) is 1. The number of carbonyl (C=O) groups excluding carboxylic acids is 1. The number of thiazole rings is 1. The van der Waals surface area contributed by atoms with Crippen LogP contribution >= 0.6 is 22.7 Å². The van der Waals surface area contributed by atoms with Gasteiger partial charge in [0.05, 0.1) is 10.6 Å². The van der Waals surface area contributed by atoms with E-state index < -0.39 is 0 Å². The molecule has 0 saturated carbocycles. The molecule has 110 valence electrons. The van der Waals surface area contributed by atoms with Gasteiger partial charge in [0.1, 0.15) is 16.8 Å². The molecular formula is C15H17N3OS2. The standard InChI is InChI=1S/C15H17N3OS2/c1-5-10-6-9(7-16)13(21-10)18-12(19)11-8-20-14(17-11)15(2,3)4/h6,8H,5H2,1-4H3,(H,18,19). The number of aromatic nitrogens is 1. The molecule has 0 atom stereocenters. The van der Waals surface area contributed by atoms with Crippen molar-refractivity contribution in [2.45, 2.75) is 39.5 Å². The summed E-state index contributed by atoms with van der Waals surface area (Å²) in [5.41, 5.74) is 0.844. The number of nitriles is 1. The molecule has 0 radical (unpaired) electrons. The highest BCUT2D eigenvalue weighted by Crippen LogP contribution is 2.29. The predicted octanol–water partition coefficient (Wildman–Crippen LogP) is 4.19. The number of carbonyl (C=O) groups is 1. The van der Waals surface area contributed by atoms with Crippen molar-refractivity contribution in [2.75, 3.05) is 5.32 Å². The largest absolute Gasteiger partial charge is 0.311 e. The van der Waals surface area contributed by atoms with Crippen LogP contribution in [0, 0.1) is 11.3 Å². The summed E-state index contributed by atoms with van der Waals surface area (Å²) in [6.07, 6.45) is 0.847. The van der Waals surface area contributed by atoms with Gasteiger partial charge in [-0.25, -0.2) is 4.98 Å². The number of amides is 1. The second kappa shape index (κ2) is 5.96. The average Bonchev–Trinajstić information content (AvgIpc) is 3.04. The highest BCUT2D eigenvalue weighted by Gasteiger charge is 2.21. The fourth-order valence-electron chi connectivity index (χ4n) is 1.68. The van der Waals surface area contributed by atoms with Crippen molar-refractivity contribution in [3.63, 3.8) is 0 Å². The molecule has 0 unspecified atom stereocenters. The summed E-state index contributed by atoms with van der Waals surface area (Å²) in [6.45, 7) is 8.21. The van der Waals surface area contributed by atoms with E-state index in [9.17, 15) is 4.79 Å². The van der Waals surface area contributed by atoms with Crippen LogP contribution in [0.2, 0.25) is 0 Å². The Morgan fingerprint density at radius 3 is 2.71 bits per heavy atom. The van der Waals surface area contributed by atoms with E-state index in [1.54, 1.807) is 5.38 Å². The second-order valence-corrected chi connectivity index (χ2v) is 7.66. The number of hydrogen-bond acceptors (Lipinski definition) is 5. The van der Waals surface area contributed by atoms with Crippen LogP contribution in [0.15, 0.2) is 11.4 Å². The minimum atomic E-state index is -0.261. The molecule has 0 aliphatic rings. The van der Waals surface area contributed by atoms with Crippen molar-refractivity contribution >= 4 is 33.6 Å². The Morgan fingerprint density at radius 2 is 2.19 bits per heavy atom. The lowest BCUT2D eigenvalue weighted by Gasteiger charge is -2.13. The number of aryl methyl sites for hydroxylation is 1. The second-order valence-electron chi connectivity index (χ2n) is 5.66. The van der Waals surface area contributed by atoms with Crippen LogP contribution in [0.3, 0.4) is 0 Å². The van der Waals surface area contributed by atoms with Gasteiger partial charge in [0.25, 0.3) is 5.91 Å². The molecule has 4 nitrogen and oxygen atoms in total. The monoisotopic (exact) mass is 319 g/mol. The summed E-state index contributed by atoms with van der Waals surface area (Å²) in [5.74, 6) is -0.261. The van der Waals surface area contributed by atoms with E-state index in [1.807, 2.05) is 13.0 Å². The van der Waals surface area contributed by atoms with Gasteiger partial charge in [-0.15, -0.1) is 22.7 Å². The lowest BCUT2D eigenvalue weighted by Crippen LogP contribution is -2.15. The molecule has 2 rings (SSSR count). The van der Waals surface area contributed by atoms with Gasteiger partial charge in [-0.2, -0.15) is 5.26 Å². The maximum atomic E-state index is 12.3. The normalized spacial score (nSPS) is 11.2. The molecule has 0 aliphatic carbocycles. The molecule has 0 aliphatic heterocycles. The zero-order valence-corrected chi connectivity index (χ0v) is 14.1. The molecule has 1 amide bonds. The van der Waals surface area contributed by atoms with Crippen LogP contribution in [0.1, 0.15) is 53.6 Å². The first-order valence-corrected chi connectivity index (χ1v) is 8.35. The first kappa shape index (κ1) is 15.7. The van der Waals surface area contributed by atoms with E-state index in [0.29, 0.717) is 16.3 Å². The summed E-state index contributed by atoms with van der Waals surface area (Å²) in [6, 6.07) is 3.94. The van der Waals surface area contributed by atoms with Gasteiger partial charge < -0.3 is 5.32 Å². The van der Waals surface area contributed by atoms with Gasteiger partial charge in [0.15, 0.2) is 0 Å². The van der Waals surface area contributed by atoms with Crippen molar-refractivity contribution in [3.8, 4) is 6.07 Å². The quantitative estimate of drug-likeness (QED) is 0.922. The van der Waals surface area contributed by atoms with Crippen molar-refractivity contribution in [3.05, 3.63) is 32.6 Å². The van der Waals surface area contributed by atoms with E-state index in [4.69, 9.17) is 5.26 Å². The fourth-order valence-corrected chi connectivity index (χ4v) is 3.51. The third kappa shape index (κ3) is 3.49. The summed E-state index contributed by atoms with van der Waals surface area (Å²) in [7, 11) is 0. The molecule has 0 aromatic carbocycles. The Labute approximate surface area is 132 Å². The Morgan fingerprint density at radius 1 is 1.48 bits per heavy atom. The molecule has 2 aromatic rings. The number of thiophene rings is 1. The maximum Gasteiger partial charge on any atom is 0.275 e. The Kier molecular flexibility index (Phi) is 4.45.